The van der Waals surface area contributed by atoms with Crippen LogP contribution in [0.2, 0.25) is 0 Å². The van der Waals surface area contributed by atoms with Gasteiger partial charge < -0.3 is 15.6 Å². The Kier molecular flexibility index (Phi) is 4.89. The Labute approximate surface area is 122 Å². The molecule has 0 fully saturated rings. The number of hydrogen-bond acceptors (Lipinski definition) is 4. The summed E-state index contributed by atoms with van der Waals surface area (Å²) in [6.45, 7) is 2.56. The first kappa shape index (κ1) is 15.0. The van der Waals surface area contributed by atoms with Gasteiger partial charge in [0.15, 0.2) is 0 Å². The number of carbonyl (C=O) groups is 2. The maximum Gasteiger partial charge on any atom is 0.246 e. The SMILES string of the molecule is CCCn1c(NC(=O)CNC(=O)CN)nc2ccccc21. The van der Waals surface area contributed by atoms with Crippen LogP contribution in [0.3, 0.4) is 0 Å². The number of nitrogens with one attached hydrogen (secondary N) is 2. The molecule has 2 amide bonds. The maximum absolute atomic E-state index is 11.8. The van der Waals surface area contributed by atoms with Crippen LogP contribution in [-0.4, -0.2) is 34.5 Å². The van der Waals surface area contributed by atoms with E-state index in [1.165, 1.54) is 0 Å². The molecule has 7 heteroatoms. The van der Waals surface area contributed by atoms with Crippen molar-refractivity contribution in [3.63, 3.8) is 0 Å². The van der Waals surface area contributed by atoms with Gasteiger partial charge in [0.1, 0.15) is 0 Å². The van der Waals surface area contributed by atoms with E-state index in [4.69, 9.17) is 5.73 Å². The lowest BCUT2D eigenvalue weighted by Gasteiger charge is -2.09. The van der Waals surface area contributed by atoms with Crippen LogP contribution in [0.4, 0.5) is 5.95 Å². The number of nitrogens with zero attached hydrogens (tertiary/aromatic N) is 2. The molecule has 0 saturated carbocycles. The molecule has 0 spiro atoms. The Bertz CT molecular complexity index is 650. The van der Waals surface area contributed by atoms with Crippen molar-refractivity contribution in [1.29, 1.82) is 0 Å². The molecule has 0 aliphatic heterocycles. The number of hydrogen-bond donors (Lipinski definition) is 3. The van der Waals surface area contributed by atoms with Crippen molar-refractivity contribution in [1.82, 2.24) is 14.9 Å². The number of aryl methyl sites for hydroxylation is 1. The van der Waals surface area contributed by atoms with Crippen molar-refractivity contribution >= 4 is 28.8 Å². The summed E-state index contributed by atoms with van der Waals surface area (Å²) in [7, 11) is 0. The van der Waals surface area contributed by atoms with Gasteiger partial charge in [-0.05, 0) is 18.6 Å². The van der Waals surface area contributed by atoms with Crippen molar-refractivity contribution in [2.24, 2.45) is 5.73 Å². The summed E-state index contributed by atoms with van der Waals surface area (Å²) in [5.41, 5.74) is 6.96. The Hall–Kier alpha value is -2.41. The number of nitrogens with two attached hydrogens (primary N) is 1. The minimum absolute atomic E-state index is 0.120. The lowest BCUT2D eigenvalue weighted by Crippen LogP contribution is -2.36. The predicted octanol–water partition coefficient (Wildman–Crippen LogP) is 0.460. The van der Waals surface area contributed by atoms with Crippen molar-refractivity contribution in [3.8, 4) is 0 Å². The van der Waals surface area contributed by atoms with Gasteiger partial charge in [0, 0.05) is 6.54 Å². The molecule has 7 nitrogen and oxygen atoms in total. The first-order chi connectivity index (χ1) is 10.2. The normalized spacial score (nSPS) is 10.6. The summed E-state index contributed by atoms with van der Waals surface area (Å²) in [4.78, 5) is 27.3. The highest BCUT2D eigenvalue weighted by Crippen LogP contribution is 2.19. The quantitative estimate of drug-likeness (QED) is 0.719. The zero-order chi connectivity index (χ0) is 15.2. The number of imidazole rings is 1. The summed E-state index contributed by atoms with van der Waals surface area (Å²) in [6.07, 6.45) is 0.924. The van der Waals surface area contributed by atoms with E-state index in [1.807, 2.05) is 28.8 Å². The molecule has 1 heterocycles. The van der Waals surface area contributed by atoms with Crippen molar-refractivity contribution in [3.05, 3.63) is 24.3 Å². The van der Waals surface area contributed by atoms with Gasteiger partial charge in [-0.25, -0.2) is 4.98 Å². The molecule has 21 heavy (non-hydrogen) atoms. The van der Waals surface area contributed by atoms with Crippen LogP contribution in [0.15, 0.2) is 24.3 Å². The second kappa shape index (κ2) is 6.85. The molecule has 0 atom stereocenters. The average molecular weight is 289 g/mol. The van der Waals surface area contributed by atoms with Crippen LogP contribution in [-0.2, 0) is 16.1 Å². The van der Waals surface area contributed by atoms with Gasteiger partial charge in [-0.15, -0.1) is 0 Å². The monoisotopic (exact) mass is 289 g/mol. The predicted molar refractivity (Wildman–Crippen MR) is 80.7 cm³/mol. The number of aromatic nitrogens is 2. The highest BCUT2D eigenvalue weighted by molar-refractivity contribution is 5.95. The van der Waals surface area contributed by atoms with E-state index in [0.29, 0.717) is 5.95 Å². The molecular weight excluding hydrogens is 270 g/mol. The molecule has 4 N–H and O–H groups in total. The first-order valence-electron chi connectivity index (χ1n) is 6.87. The smallest absolute Gasteiger partial charge is 0.246 e. The highest BCUT2D eigenvalue weighted by atomic mass is 16.2. The number of carbonyl (C=O) groups excluding carboxylic acids is 2. The Balaban J connectivity index is 2.15. The molecule has 1 aromatic heterocycles. The fourth-order valence-corrected chi connectivity index (χ4v) is 2.04. The molecule has 2 rings (SSSR count). The van der Waals surface area contributed by atoms with E-state index in [2.05, 4.69) is 22.5 Å². The van der Waals surface area contributed by atoms with Crippen LogP contribution < -0.4 is 16.4 Å². The van der Waals surface area contributed by atoms with Crippen LogP contribution in [0.1, 0.15) is 13.3 Å². The molecule has 0 bridgehead atoms. The number of benzene rings is 1. The lowest BCUT2D eigenvalue weighted by atomic mass is 10.3. The molecule has 0 aliphatic carbocycles. The van der Waals surface area contributed by atoms with Crippen LogP contribution in [0.5, 0.6) is 0 Å². The molecule has 0 saturated heterocycles. The zero-order valence-electron chi connectivity index (χ0n) is 11.9. The minimum atomic E-state index is -0.368. The number of rotatable bonds is 6. The van der Waals surface area contributed by atoms with E-state index in [9.17, 15) is 9.59 Å². The summed E-state index contributed by atoms with van der Waals surface area (Å²) < 4.78 is 1.96. The number of fused-ring (bicyclic) bond motifs is 1. The standard InChI is InChI=1S/C14H19N5O2/c1-2-7-19-11-6-4-3-5-10(11)17-14(19)18-13(21)9-16-12(20)8-15/h3-6H,2,7-9,15H2,1H3,(H,16,20)(H,17,18,21). The van der Waals surface area contributed by atoms with Gasteiger partial charge in [-0.2, -0.15) is 0 Å². The van der Waals surface area contributed by atoms with Crippen molar-refractivity contribution in [2.75, 3.05) is 18.4 Å². The Morgan fingerprint density at radius 3 is 2.76 bits per heavy atom. The largest absolute Gasteiger partial charge is 0.346 e. The van der Waals surface area contributed by atoms with Gasteiger partial charge >= 0.3 is 0 Å². The molecule has 0 radical (unpaired) electrons. The molecule has 2 aromatic rings. The van der Waals surface area contributed by atoms with Crippen LogP contribution >= 0.6 is 0 Å². The average Bonchev–Trinajstić information content (AvgIpc) is 2.83. The number of para-hydroxylation sites is 2. The van der Waals surface area contributed by atoms with Gasteiger partial charge in [-0.3, -0.25) is 14.9 Å². The van der Waals surface area contributed by atoms with E-state index >= 15 is 0 Å². The van der Waals surface area contributed by atoms with E-state index in [-0.39, 0.29) is 24.9 Å². The highest BCUT2D eigenvalue weighted by Gasteiger charge is 2.12. The fraction of sp³-hybridized carbons (Fsp3) is 0.357. The zero-order valence-corrected chi connectivity index (χ0v) is 11.9. The molecule has 112 valence electrons. The second-order valence-electron chi connectivity index (χ2n) is 4.60. The van der Waals surface area contributed by atoms with Crippen molar-refractivity contribution in [2.45, 2.75) is 19.9 Å². The summed E-state index contributed by atoms with van der Waals surface area (Å²) in [5, 5.41) is 5.15. The molecule has 1 aromatic carbocycles. The lowest BCUT2D eigenvalue weighted by molar-refractivity contribution is -0.123. The number of anilines is 1. The Morgan fingerprint density at radius 2 is 2.05 bits per heavy atom. The second-order valence-corrected chi connectivity index (χ2v) is 4.60. The maximum atomic E-state index is 11.8. The van der Waals surface area contributed by atoms with Crippen LogP contribution in [0, 0.1) is 0 Å². The third-order valence-corrected chi connectivity index (χ3v) is 2.98. The van der Waals surface area contributed by atoms with Gasteiger partial charge in [0.25, 0.3) is 0 Å². The fourth-order valence-electron chi connectivity index (χ4n) is 2.04. The third kappa shape index (κ3) is 3.57. The molecule has 0 aliphatic rings. The topological polar surface area (TPSA) is 102 Å². The van der Waals surface area contributed by atoms with E-state index in [0.717, 1.165) is 24.0 Å². The molecule has 0 unspecified atom stereocenters. The number of amides is 2. The molecular formula is C14H19N5O2. The third-order valence-electron chi connectivity index (χ3n) is 2.98. The summed E-state index contributed by atoms with van der Waals surface area (Å²) >= 11 is 0. The van der Waals surface area contributed by atoms with Crippen molar-refractivity contribution < 1.29 is 9.59 Å². The van der Waals surface area contributed by atoms with E-state index in [1.54, 1.807) is 0 Å². The van der Waals surface area contributed by atoms with Gasteiger partial charge in [0.05, 0.1) is 24.1 Å². The summed E-state index contributed by atoms with van der Waals surface area (Å²) in [5.74, 6) is -0.207. The van der Waals surface area contributed by atoms with Gasteiger partial charge in [-0.1, -0.05) is 19.1 Å². The van der Waals surface area contributed by atoms with Gasteiger partial charge in [0.2, 0.25) is 17.8 Å². The van der Waals surface area contributed by atoms with E-state index < -0.39 is 0 Å². The summed E-state index contributed by atoms with van der Waals surface area (Å²) in [6, 6.07) is 7.69. The first-order valence-corrected chi connectivity index (χ1v) is 6.87. The Morgan fingerprint density at radius 1 is 1.29 bits per heavy atom. The minimum Gasteiger partial charge on any atom is -0.346 e. The van der Waals surface area contributed by atoms with Crippen LogP contribution in [0.25, 0.3) is 11.0 Å².